The van der Waals surface area contributed by atoms with Gasteiger partial charge in [-0.3, -0.25) is 9.78 Å². The van der Waals surface area contributed by atoms with Gasteiger partial charge in [-0.1, -0.05) is 36.4 Å². The van der Waals surface area contributed by atoms with Crippen molar-refractivity contribution in [1.29, 1.82) is 0 Å². The highest BCUT2D eigenvalue weighted by molar-refractivity contribution is 7.90. The Morgan fingerprint density at radius 1 is 1.13 bits per heavy atom. The molecule has 0 aliphatic heterocycles. The van der Waals surface area contributed by atoms with Crippen LogP contribution in [0, 0.1) is 0 Å². The fraction of sp³-hybridized carbons (Fsp3) is 0.294. The van der Waals surface area contributed by atoms with Crippen molar-refractivity contribution in [3.8, 4) is 0 Å². The van der Waals surface area contributed by atoms with Crippen molar-refractivity contribution in [2.24, 2.45) is 0 Å². The van der Waals surface area contributed by atoms with E-state index in [4.69, 9.17) is 0 Å². The normalized spacial score (nSPS) is 12.6. The predicted octanol–water partition coefficient (Wildman–Crippen LogP) is 1.57. The number of hydrogen-bond acceptors (Lipinski definition) is 4. The molecule has 1 aromatic carbocycles. The lowest BCUT2D eigenvalue weighted by Gasteiger charge is -2.17. The third-order valence-electron chi connectivity index (χ3n) is 3.43. The maximum Gasteiger partial charge on any atom is 0.227 e. The van der Waals surface area contributed by atoms with E-state index in [0.717, 1.165) is 17.5 Å². The van der Waals surface area contributed by atoms with Crippen LogP contribution >= 0.6 is 0 Å². The van der Waals surface area contributed by atoms with Crippen molar-refractivity contribution < 1.29 is 13.2 Å². The van der Waals surface area contributed by atoms with E-state index < -0.39 is 15.8 Å². The van der Waals surface area contributed by atoms with Crippen molar-refractivity contribution in [3.05, 3.63) is 66.0 Å². The summed E-state index contributed by atoms with van der Waals surface area (Å²) in [6, 6.07) is 15.0. The summed E-state index contributed by atoms with van der Waals surface area (Å²) in [5, 5.41) is 2.71. The van der Waals surface area contributed by atoms with Gasteiger partial charge in [0.1, 0.15) is 9.84 Å². The lowest BCUT2D eigenvalue weighted by Crippen LogP contribution is -2.34. The van der Waals surface area contributed by atoms with E-state index in [1.807, 2.05) is 48.5 Å². The fourth-order valence-electron chi connectivity index (χ4n) is 2.26. The van der Waals surface area contributed by atoms with Crippen molar-refractivity contribution in [2.75, 3.05) is 18.6 Å². The first-order valence-electron chi connectivity index (χ1n) is 7.36. The van der Waals surface area contributed by atoms with Crippen molar-refractivity contribution in [1.82, 2.24) is 10.3 Å². The zero-order chi connectivity index (χ0) is 16.7. The lowest BCUT2D eigenvalue weighted by atomic mass is 9.93. The van der Waals surface area contributed by atoms with E-state index in [-0.39, 0.29) is 18.2 Å². The van der Waals surface area contributed by atoms with Crippen LogP contribution in [0.2, 0.25) is 0 Å². The van der Waals surface area contributed by atoms with E-state index in [1.165, 1.54) is 0 Å². The number of benzene rings is 1. The molecular weight excluding hydrogens is 312 g/mol. The van der Waals surface area contributed by atoms with Crippen LogP contribution in [0.1, 0.15) is 17.2 Å². The minimum Gasteiger partial charge on any atom is -0.355 e. The quantitative estimate of drug-likeness (QED) is 0.835. The predicted molar refractivity (Wildman–Crippen MR) is 89.8 cm³/mol. The van der Waals surface area contributed by atoms with Crippen LogP contribution in [0.3, 0.4) is 0 Å². The second-order valence-electron chi connectivity index (χ2n) is 5.41. The lowest BCUT2D eigenvalue weighted by molar-refractivity contribution is -0.122. The van der Waals surface area contributed by atoms with Gasteiger partial charge in [0.2, 0.25) is 5.91 Å². The number of carbonyl (C=O) groups excluding carboxylic acids is 1. The van der Waals surface area contributed by atoms with Crippen molar-refractivity contribution in [2.45, 2.75) is 12.3 Å². The Hall–Kier alpha value is -2.21. The average molecular weight is 332 g/mol. The van der Waals surface area contributed by atoms with Crippen LogP contribution in [0.25, 0.3) is 0 Å². The average Bonchev–Trinajstić information content (AvgIpc) is 2.53. The summed E-state index contributed by atoms with van der Waals surface area (Å²) in [5.41, 5.74) is 1.70. The van der Waals surface area contributed by atoms with E-state index in [2.05, 4.69) is 10.3 Å². The van der Waals surface area contributed by atoms with Gasteiger partial charge in [0.15, 0.2) is 0 Å². The molecule has 1 atom stereocenters. The van der Waals surface area contributed by atoms with Crippen LogP contribution in [0.15, 0.2) is 54.7 Å². The highest BCUT2D eigenvalue weighted by Gasteiger charge is 2.21. The first kappa shape index (κ1) is 17.1. The van der Waals surface area contributed by atoms with E-state index in [9.17, 15) is 13.2 Å². The molecule has 1 unspecified atom stereocenters. The molecule has 0 aliphatic rings. The number of amides is 1. The summed E-state index contributed by atoms with van der Waals surface area (Å²) in [7, 11) is -3.10. The Morgan fingerprint density at radius 3 is 2.43 bits per heavy atom. The maximum absolute atomic E-state index is 12.5. The Balaban J connectivity index is 2.12. The topological polar surface area (TPSA) is 76.1 Å². The van der Waals surface area contributed by atoms with Crippen LogP contribution < -0.4 is 5.32 Å². The van der Waals surface area contributed by atoms with Gasteiger partial charge >= 0.3 is 0 Å². The van der Waals surface area contributed by atoms with Gasteiger partial charge < -0.3 is 5.32 Å². The van der Waals surface area contributed by atoms with E-state index >= 15 is 0 Å². The SMILES string of the molecule is CS(=O)(=O)CCNC(=O)C(Cc1ccccn1)c1ccccc1. The Bertz CT molecular complexity index is 731. The van der Waals surface area contributed by atoms with Crippen LogP contribution in [-0.2, 0) is 21.1 Å². The Labute approximate surface area is 136 Å². The van der Waals surface area contributed by atoms with Crippen molar-refractivity contribution in [3.63, 3.8) is 0 Å². The molecule has 2 aromatic rings. The number of sulfone groups is 1. The van der Waals surface area contributed by atoms with Gasteiger partial charge in [0, 0.05) is 31.1 Å². The fourth-order valence-corrected chi connectivity index (χ4v) is 2.73. The van der Waals surface area contributed by atoms with E-state index in [0.29, 0.717) is 6.42 Å². The van der Waals surface area contributed by atoms with Crippen LogP contribution in [-0.4, -0.2) is 37.9 Å². The zero-order valence-corrected chi connectivity index (χ0v) is 13.8. The Kier molecular flexibility index (Phi) is 5.87. The first-order valence-corrected chi connectivity index (χ1v) is 9.42. The summed E-state index contributed by atoms with van der Waals surface area (Å²) >= 11 is 0. The number of rotatable bonds is 7. The molecule has 0 aliphatic carbocycles. The molecule has 122 valence electrons. The molecule has 0 spiro atoms. The largest absolute Gasteiger partial charge is 0.355 e. The second-order valence-corrected chi connectivity index (χ2v) is 7.67. The molecule has 0 fully saturated rings. The molecule has 0 radical (unpaired) electrons. The number of hydrogen-bond donors (Lipinski definition) is 1. The molecule has 1 aromatic heterocycles. The Morgan fingerprint density at radius 2 is 1.83 bits per heavy atom. The minimum absolute atomic E-state index is 0.0656. The molecule has 5 nitrogen and oxygen atoms in total. The number of pyridine rings is 1. The summed E-state index contributed by atoms with van der Waals surface area (Å²) < 4.78 is 22.4. The van der Waals surface area contributed by atoms with Gasteiger partial charge in [-0.05, 0) is 17.7 Å². The first-order chi connectivity index (χ1) is 11.0. The molecule has 1 N–H and O–H groups in total. The van der Waals surface area contributed by atoms with Crippen molar-refractivity contribution >= 4 is 15.7 Å². The maximum atomic E-state index is 12.5. The van der Waals surface area contributed by atoms with Crippen LogP contribution in [0.4, 0.5) is 0 Å². The number of nitrogens with zero attached hydrogens (tertiary/aromatic N) is 1. The molecule has 0 saturated carbocycles. The summed E-state index contributed by atoms with van der Waals surface area (Å²) in [4.78, 5) is 16.8. The molecule has 23 heavy (non-hydrogen) atoms. The van der Waals surface area contributed by atoms with Gasteiger partial charge in [-0.15, -0.1) is 0 Å². The molecule has 0 saturated heterocycles. The van der Waals surface area contributed by atoms with Gasteiger partial charge in [0.05, 0.1) is 11.7 Å². The number of aromatic nitrogens is 1. The molecule has 1 amide bonds. The standard InChI is InChI=1S/C17H20N2O3S/c1-23(21,22)12-11-19-17(20)16(14-7-3-2-4-8-14)13-15-9-5-6-10-18-15/h2-10,16H,11-13H2,1H3,(H,19,20). The minimum atomic E-state index is -3.10. The number of nitrogens with one attached hydrogen (secondary N) is 1. The smallest absolute Gasteiger partial charge is 0.227 e. The summed E-state index contributed by atoms with van der Waals surface area (Å²) in [5.74, 6) is -0.653. The molecular formula is C17H20N2O3S. The molecule has 6 heteroatoms. The second kappa shape index (κ2) is 7.87. The summed E-state index contributed by atoms with van der Waals surface area (Å²) in [6.45, 7) is 0.114. The monoisotopic (exact) mass is 332 g/mol. The third kappa shape index (κ3) is 5.83. The number of carbonyl (C=O) groups is 1. The van der Waals surface area contributed by atoms with Crippen LogP contribution in [0.5, 0.6) is 0 Å². The third-order valence-corrected chi connectivity index (χ3v) is 4.38. The van der Waals surface area contributed by atoms with E-state index in [1.54, 1.807) is 6.20 Å². The highest BCUT2D eigenvalue weighted by Crippen LogP contribution is 2.20. The molecule has 2 rings (SSSR count). The van der Waals surface area contributed by atoms with Gasteiger partial charge in [-0.2, -0.15) is 0 Å². The summed E-state index contributed by atoms with van der Waals surface area (Å²) in [6.07, 6.45) is 3.32. The highest BCUT2D eigenvalue weighted by atomic mass is 32.2. The molecule has 1 heterocycles. The van der Waals surface area contributed by atoms with Gasteiger partial charge in [0.25, 0.3) is 0 Å². The molecule has 0 bridgehead atoms. The van der Waals surface area contributed by atoms with Gasteiger partial charge in [-0.25, -0.2) is 8.42 Å². The zero-order valence-electron chi connectivity index (χ0n) is 13.0.